The molecule has 5 nitrogen and oxygen atoms in total. The van der Waals surface area contributed by atoms with Gasteiger partial charge in [-0.05, 0) is 48.0 Å². The van der Waals surface area contributed by atoms with E-state index in [1.807, 2.05) is 0 Å². The van der Waals surface area contributed by atoms with Crippen LogP contribution in [0.25, 0.3) is 0 Å². The van der Waals surface area contributed by atoms with Crippen LogP contribution < -0.4 is 9.46 Å². The van der Waals surface area contributed by atoms with Crippen molar-refractivity contribution in [2.75, 3.05) is 0 Å². The molecule has 0 fully saturated rings. The van der Waals surface area contributed by atoms with Gasteiger partial charge in [0, 0.05) is 5.02 Å². The summed E-state index contributed by atoms with van der Waals surface area (Å²) in [5.41, 5.74) is -0.474. The van der Waals surface area contributed by atoms with E-state index in [4.69, 9.17) is 16.3 Å². The van der Waals surface area contributed by atoms with Gasteiger partial charge in [0.25, 0.3) is 15.9 Å². The van der Waals surface area contributed by atoms with Crippen molar-refractivity contribution in [3.05, 3.63) is 94.5 Å². The number of nitrogens with one attached hydrogen (secondary N) is 1. The molecule has 0 aromatic heterocycles. The van der Waals surface area contributed by atoms with Crippen molar-refractivity contribution in [2.24, 2.45) is 0 Å². The molecule has 0 saturated carbocycles. The van der Waals surface area contributed by atoms with Gasteiger partial charge < -0.3 is 4.74 Å². The minimum atomic E-state index is -4.72. The largest absolute Gasteiger partial charge is 0.488 e. The molecule has 3 rings (SSSR count). The van der Waals surface area contributed by atoms with Crippen LogP contribution in [0.2, 0.25) is 5.02 Å². The van der Waals surface area contributed by atoms with E-state index >= 15 is 0 Å². The van der Waals surface area contributed by atoms with Crippen LogP contribution in [-0.2, 0) is 22.8 Å². The Balaban J connectivity index is 1.79. The van der Waals surface area contributed by atoms with Gasteiger partial charge in [0.15, 0.2) is 0 Å². The van der Waals surface area contributed by atoms with Crippen LogP contribution in [0.5, 0.6) is 5.75 Å². The first-order valence-electron chi connectivity index (χ1n) is 8.77. The quantitative estimate of drug-likeness (QED) is 0.548. The molecule has 0 radical (unpaired) electrons. The van der Waals surface area contributed by atoms with Crippen molar-refractivity contribution in [1.29, 1.82) is 0 Å². The van der Waals surface area contributed by atoms with Crippen LogP contribution >= 0.6 is 11.6 Å². The van der Waals surface area contributed by atoms with E-state index < -0.39 is 32.6 Å². The third kappa shape index (κ3) is 5.77. The molecule has 10 heteroatoms. The summed E-state index contributed by atoms with van der Waals surface area (Å²) in [4.78, 5) is 11.9. The Morgan fingerprint density at radius 2 is 1.65 bits per heavy atom. The van der Waals surface area contributed by atoms with Gasteiger partial charge in [-0.25, -0.2) is 13.1 Å². The number of carbonyl (C=O) groups is 1. The highest BCUT2D eigenvalue weighted by molar-refractivity contribution is 7.90. The molecule has 0 aliphatic rings. The number of benzene rings is 3. The third-order valence-corrected chi connectivity index (χ3v) is 5.72. The van der Waals surface area contributed by atoms with E-state index in [2.05, 4.69) is 0 Å². The highest BCUT2D eigenvalue weighted by Crippen LogP contribution is 2.30. The van der Waals surface area contributed by atoms with Crippen LogP contribution in [0.15, 0.2) is 77.7 Å². The normalized spacial score (nSPS) is 11.7. The van der Waals surface area contributed by atoms with Crippen molar-refractivity contribution >= 4 is 27.5 Å². The summed E-state index contributed by atoms with van der Waals surface area (Å²) in [6.45, 7) is 0.0852. The van der Waals surface area contributed by atoms with Gasteiger partial charge in [-0.2, -0.15) is 13.2 Å². The number of hydrogen-bond donors (Lipinski definition) is 1. The number of sulfonamides is 1. The monoisotopic (exact) mass is 469 g/mol. The minimum Gasteiger partial charge on any atom is -0.488 e. The van der Waals surface area contributed by atoms with E-state index in [0.29, 0.717) is 11.1 Å². The molecule has 31 heavy (non-hydrogen) atoms. The van der Waals surface area contributed by atoms with Gasteiger partial charge >= 0.3 is 6.18 Å². The molecular formula is C21H15ClF3NO4S. The third-order valence-electron chi connectivity index (χ3n) is 4.14. The van der Waals surface area contributed by atoms with Gasteiger partial charge in [0.05, 0.1) is 16.0 Å². The molecule has 0 heterocycles. The first kappa shape index (κ1) is 22.6. The predicted octanol–water partition coefficient (Wildman–Crippen LogP) is 5.06. The number of amides is 1. The standard InChI is InChI=1S/C21H15ClF3NO4S/c22-16-10-8-14(9-11-16)13-30-19-7-2-1-6-18(19)20(27)26-31(28,29)17-5-3-4-15(12-17)21(23,24)25/h1-12H,13H2,(H,26,27). The number of hydrogen-bond acceptors (Lipinski definition) is 4. The SMILES string of the molecule is O=C(NS(=O)(=O)c1cccc(C(F)(F)F)c1)c1ccccc1OCc1ccc(Cl)cc1. The summed E-state index contributed by atoms with van der Waals surface area (Å²) in [7, 11) is -4.55. The molecule has 0 aliphatic heterocycles. The summed E-state index contributed by atoms with van der Waals surface area (Å²) in [6, 6.07) is 15.8. The Hall–Kier alpha value is -3.04. The summed E-state index contributed by atoms with van der Waals surface area (Å²) in [5.74, 6) is -0.932. The summed E-state index contributed by atoms with van der Waals surface area (Å²) >= 11 is 5.83. The van der Waals surface area contributed by atoms with Crippen molar-refractivity contribution in [3.63, 3.8) is 0 Å². The fourth-order valence-electron chi connectivity index (χ4n) is 2.60. The lowest BCUT2D eigenvalue weighted by atomic mass is 10.2. The van der Waals surface area contributed by atoms with Crippen molar-refractivity contribution in [3.8, 4) is 5.75 Å². The fourth-order valence-corrected chi connectivity index (χ4v) is 3.74. The zero-order valence-electron chi connectivity index (χ0n) is 15.7. The predicted molar refractivity (Wildman–Crippen MR) is 108 cm³/mol. The molecule has 0 spiro atoms. The molecule has 0 unspecified atom stereocenters. The zero-order chi connectivity index (χ0) is 22.6. The lowest BCUT2D eigenvalue weighted by Gasteiger charge is -2.13. The van der Waals surface area contributed by atoms with Crippen LogP contribution in [0, 0.1) is 0 Å². The maximum atomic E-state index is 12.9. The lowest BCUT2D eigenvalue weighted by molar-refractivity contribution is -0.137. The Labute approximate surface area is 181 Å². The van der Waals surface area contributed by atoms with E-state index in [1.165, 1.54) is 18.2 Å². The second-order valence-corrected chi connectivity index (χ2v) is 8.49. The van der Waals surface area contributed by atoms with Crippen LogP contribution in [0.1, 0.15) is 21.5 Å². The highest BCUT2D eigenvalue weighted by Gasteiger charge is 2.32. The van der Waals surface area contributed by atoms with Gasteiger partial charge in [0.2, 0.25) is 0 Å². The summed E-state index contributed by atoms with van der Waals surface area (Å²) in [5, 5.41) is 0.545. The van der Waals surface area contributed by atoms with Crippen molar-refractivity contribution in [2.45, 2.75) is 17.7 Å². The van der Waals surface area contributed by atoms with E-state index in [0.717, 1.165) is 23.8 Å². The minimum absolute atomic E-state index is 0.0852. The summed E-state index contributed by atoms with van der Waals surface area (Å²) in [6.07, 6.45) is -4.72. The second kappa shape index (κ2) is 8.99. The van der Waals surface area contributed by atoms with E-state index in [-0.39, 0.29) is 17.9 Å². The Morgan fingerprint density at radius 1 is 0.968 bits per heavy atom. The van der Waals surface area contributed by atoms with Gasteiger partial charge in [0.1, 0.15) is 12.4 Å². The number of carbonyl (C=O) groups excluding carboxylic acids is 1. The highest BCUT2D eigenvalue weighted by atomic mass is 35.5. The van der Waals surface area contributed by atoms with Crippen molar-refractivity contribution < 1.29 is 31.1 Å². The molecule has 3 aromatic carbocycles. The Bertz CT molecular complexity index is 1200. The van der Waals surface area contributed by atoms with Gasteiger partial charge in [-0.15, -0.1) is 0 Å². The topological polar surface area (TPSA) is 72.5 Å². The van der Waals surface area contributed by atoms with Gasteiger partial charge in [-0.1, -0.05) is 41.9 Å². The molecule has 0 bridgehead atoms. The number of rotatable bonds is 6. The molecule has 0 aliphatic carbocycles. The molecule has 162 valence electrons. The number of halogens is 4. The maximum absolute atomic E-state index is 12.9. The molecule has 1 N–H and O–H groups in total. The van der Waals surface area contributed by atoms with E-state index in [9.17, 15) is 26.4 Å². The molecule has 1 amide bonds. The zero-order valence-corrected chi connectivity index (χ0v) is 17.3. The number of ether oxygens (including phenoxy) is 1. The molecule has 0 saturated heterocycles. The summed E-state index contributed by atoms with van der Waals surface area (Å²) < 4.78 is 71.0. The van der Waals surface area contributed by atoms with Crippen molar-refractivity contribution in [1.82, 2.24) is 4.72 Å². The number of para-hydroxylation sites is 1. The average molecular weight is 470 g/mol. The smallest absolute Gasteiger partial charge is 0.416 e. The van der Waals surface area contributed by atoms with Crippen LogP contribution in [0.3, 0.4) is 0 Å². The van der Waals surface area contributed by atoms with Gasteiger partial charge in [-0.3, -0.25) is 4.79 Å². The van der Waals surface area contributed by atoms with E-state index in [1.54, 1.807) is 35.1 Å². The van der Waals surface area contributed by atoms with Crippen LogP contribution in [-0.4, -0.2) is 14.3 Å². The fraction of sp³-hybridized carbons (Fsp3) is 0.0952. The first-order chi connectivity index (χ1) is 14.6. The van der Waals surface area contributed by atoms with Crippen LogP contribution in [0.4, 0.5) is 13.2 Å². The average Bonchev–Trinajstić information content (AvgIpc) is 2.73. The Kier molecular flexibility index (Phi) is 6.56. The molecule has 3 aromatic rings. The first-order valence-corrected chi connectivity index (χ1v) is 10.6. The Morgan fingerprint density at radius 3 is 2.32 bits per heavy atom. The molecule has 0 atom stereocenters. The molecular weight excluding hydrogens is 455 g/mol. The number of alkyl halides is 3. The maximum Gasteiger partial charge on any atom is 0.416 e. The lowest BCUT2D eigenvalue weighted by Crippen LogP contribution is -2.31. The second-order valence-electron chi connectivity index (χ2n) is 6.37.